The van der Waals surface area contributed by atoms with Crippen molar-refractivity contribution in [2.75, 3.05) is 0 Å². The van der Waals surface area contributed by atoms with Crippen LogP contribution in [0.4, 0.5) is 4.39 Å². The fourth-order valence-corrected chi connectivity index (χ4v) is 2.15. The SMILES string of the molecule is CCC(NC(=O)c1cccc(F)n1)c1ccc(Br)cc1. The average molecular weight is 337 g/mol. The number of hydrogen-bond acceptors (Lipinski definition) is 2. The Morgan fingerprint density at radius 2 is 2.00 bits per heavy atom. The molecule has 0 bridgehead atoms. The second-order valence-corrected chi connectivity index (χ2v) is 5.25. The highest BCUT2D eigenvalue weighted by Gasteiger charge is 2.15. The summed E-state index contributed by atoms with van der Waals surface area (Å²) >= 11 is 3.37. The molecule has 5 heteroatoms. The van der Waals surface area contributed by atoms with Gasteiger partial charge in [0.25, 0.3) is 5.91 Å². The van der Waals surface area contributed by atoms with Crippen molar-refractivity contribution in [1.82, 2.24) is 10.3 Å². The van der Waals surface area contributed by atoms with E-state index in [2.05, 4.69) is 26.2 Å². The molecule has 2 aromatic rings. The third-order valence-electron chi connectivity index (χ3n) is 2.93. The molecule has 20 heavy (non-hydrogen) atoms. The van der Waals surface area contributed by atoms with Crippen LogP contribution in [0.15, 0.2) is 46.9 Å². The molecule has 2 rings (SSSR count). The lowest BCUT2D eigenvalue weighted by atomic mass is 10.0. The molecule has 0 aliphatic rings. The van der Waals surface area contributed by atoms with Crippen molar-refractivity contribution in [2.45, 2.75) is 19.4 Å². The van der Waals surface area contributed by atoms with Crippen LogP contribution in [0.1, 0.15) is 35.4 Å². The van der Waals surface area contributed by atoms with Crippen LogP contribution in [-0.2, 0) is 0 Å². The van der Waals surface area contributed by atoms with E-state index in [0.717, 1.165) is 16.5 Å². The van der Waals surface area contributed by atoms with Crippen LogP contribution in [0.2, 0.25) is 0 Å². The summed E-state index contributed by atoms with van der Waals surface area (Å²) in [5.41, 5.74) is 1.08. The van der Waals surface area contributed by atoms with E-state index in [1.54, 1.807) is 0 Å². The minimum absolute atomic E-state index is 0.0839. The number of nitrogens with one attached hydrogen (secondary N) is 1. The van der Waals surface area contributed by atoms with Crippen molar-refractivity contribution in [3.8, 4) is 0 Å². The van der Waals surface area contributed by atoms with Gasteiger partial charge in [-0.15, -0.1) is 0 Å². The number of carbonyl (C=O) groups is 1. The molecule has 1 atom stereocenters. The Hall–Kier alpha value is -1.75. The van der Waals surface area contributed by atoms with Crippen molar-refractivity contribution in [2.24, 2.45) is 0 Å². The number of halogens is 2. The molecule has 0 radical (unpaired) electrons. The van der Waals surface area contributed by atoms with Gasteiger partial charge in [0.15, 0.2) is 0 Å². The van der Waals surface area contributed by atoms with Crippen molar-refractivity contribution in [3.05, 3.63) is 64.1 Å². The van der Waals surface area contributed by atoms with Gasteiger partial charge in [0, 0.05) is 4.47 Å². The van der Waals surface area contributed by atoms with Crippen molar-refractivity contribution in [3.63, 3.8) is 0 Å². The maximum Gasteiger partial charge on any atom is 0.270 e. The van der Waals surface area contributed by atoms with Gasteiger partial charge in [-0.25, -0.2) is 4.98 Å². The molecule has 1 amide bonds. The van der Waals surface area contributed by atoms with Gasteiger partial charge in [-0.05, 0) is 36.2 Å². The molecule has 0 saturated heterocycles. The van der Waals surface area contributed by atoms with E-state index < -0.39 is 5.95 Å². The lowest BCUT2D eigenvalue weighted by Gasteiger charge is -2.17. The number of rotatable bonds is 4. The molecular weight excluding hydrogens is 323 g/mol. The van der Waals surface area contributed by atoms with Gasteiger partial charge in [-0.2, -0.15) is 4.39 Å². The molecule has 1 aromatic carbocycles. The van der Waals surface area contributed by atoms with E-state index in [1.807, 2.05) is 31.2 Å². The van der Waals surface area contributed by atoms with Crippen LogP contribution in [-0.4, -0.2) is 10.9 Å². The van der Waals surface area contributed by atoms with Gasteiger partial charge in [0.1, 0.15) is 5.69 Å². The summed E-state index contributed by atoms with van der Waals surface area (Å²) < 4.78 is 14.0. The second kappa shape index (κ2) is 6.61. The van der Waals surface area contributed by atoms with Crippen molar-refractivity contribution >= 4 is 21.8 Å². The van der Waals surface area contributed by atoms with Gasteiger partial charge < -0.3 is 5.32 Å². The number of nitrogens with zero attached hydrogens (tertiary/aromatic N) is 1. The lowest BCUT2D eigenvalue weighted by Crippen LogP contribution is -2.29. The Labute approximate surface area is 125 Å². The average Bonchev–Trinajstić information content (AvgIpc) is 2.45. The molecule has 0 fully saturated rings. The molecule has 104 valence electrons. The zero-order valence-electron chi connectivity index (χ0n) is 10.9. The van der Waals surface area contributed by atoms with Crippen LogP contribution in [0.3, 0.4) is 0 Å². The lowest BCUT2D eigenvalue weighted by molar-refractivity contribution is 0.0929. The number of aromatic nitrogens is 1. The Balaban J connectivity index is 2.14. The zero-order valence-corrected chi connectivity index (χ0v) is 12.5. The summed E-state index contributed by atoms with van der Waals surface area (Å²) in [6, 6.07) is 11.8. The van der Waals surface area contributed by atoms with Gasteiger partial charge in [0.2, 0.25) is 5.95 Å². The highest BCUT2D eigenvalue weighted by Crippen LogP contribution is 2.19. The standard InChI is InChI=1S/C15H14BrFN2O/c1-2-12(10-6-8-11(16)9-7-10)19-15(20)13-4-3-5-14(17)18-13/h3-9,12H,2H2,1H3,(H,19,20). The zero-order chi connectivity index (χ0) is 14.5. The minimum atomic E-state index is -0.658. The summed E-state index contributed by atoms with van der Waals surface area (Å²) in [6.07, 6.45) is 0.739. The third-order valence-corrected chi connectivity index (χ3v) is 3.46. The molecule has 3 nitrogen and oxygen atoms in total. The van der Waals surface area contributed by atoms with E-state index in [-0.39, 0.29) is 17.6 Å². The quantitative estimate of drug-likeness (QED) is 0.861. The van der Waals surface area contributed by atoms with Crippen molar-refractivity contribution < 1.29 is 9.18 Å². The largest absolute Gasteiger partial charge is 0.344 e. The Morgan fingerprint density at radius 3 is 2.60 bits per heavy atom. The number of benzene rings is 1. The monoisotopic (exact) mass is 336 g/mol. The molecule has 1 N–H and O–H groups in total. The number of carbonyl (C=O) groups excluding carboxylic acids is 1. The Morgan fingerprint density at radius 1 is 1.30 bits per heavy atom. The molecule has 0 spiro atoms. The van der Waals surface area contributed by atoms with Crippen LogP contribution in [0.25, 0.3) is 0 Å². The first-order chi connectivity index (χ1) is 9.60. The molecule has 0 aliphatic carbocycles. The summed E-state index contributed by atoms with van der Waals surface area (Å²) in [5.74, 6) is -1.03. The first-order valence-corrected chi connectivity index (χ1v) is 7.08. The topological polar surface area (TPSA) is 42.0 Å². The predicted molar refractivity (Wildman–Crippen MR) is 78.8 cm³/mol. The van der Waals surface area contributed by atoms with Gasteiger partial charge in [-0.1, -0.05) is 41.1 Å². The molecular formula is C15H14BrFN2O. The molecule has 1 heterocycles. The normalized spacial score (nSPS) is 11.9. The third kappa shape index (κ3) is 3.63. The fraction of sp³-hybridized carbons (Fsp3) is 0.200. The molecule has 1 aromatic heterocycles. The highest BCUT2D eigenvalue weighted by molar-refractivity contribution is 9.10. The Kier molecular flexibility index (Phi) is 4.84. The van der Waals surface area contributed by atoms with E-state index >= 15 is 0 Å². The van der Waals surface area contributed by atoms with Crippen LogP contribution >= 0.6 is 15.9 Å². The summed E-state index contributed by atoms with van der Waals surface area (Å²) in [4.78, 5) is 15.6. The van der Waals surface area contributed by atoms with E-state index in [4.69, 9.17) is 0 Å². The molecule has 1 unspecified atom stereocenters. The number of hydrogen-bond donors (Lipinski definition) is 1. The molecule has 0 saturated carbocycles. The smallest absolute Gasteiger partial charge is 0.270 e. The van der Waals surface area contributed by atoms with Crippen LogP contribution < -0.4 is 5.32 Å². The predicted octanol–water partition coefficient (Wildman–Crippen LogP) is 3.86. The highest BCUT2D eigenvalue weighted by atomic mass is 79.9. The summed E-state index contributed by atoms with van der Waals surface area (Å²) in [7, 11) is 0. The minimum Gasteiger partial charge on any atom is -0.344 e. The first kappa shape index (κ1) is 14.7. The fourth-order valence-electron chi connectivity index (χ4n) is 1.88. The summed E-state index contributed by atoms with van der Waals surface area (Å²) in [6.45, 7) is 1.98. The first-order valence-electron chi connectivity index (χ1n) is 6.29. The maximum absolute atomic E-state index is 13.0. The number of amides is 1. The van der Waals surface area contributed by atoms with E-state index in [0.29, 0.717) is 0 Å². The van der Waals surface area contributed by atoms with E-state index in [1.165, 1.54) is 18.2 Å². The molecule has 0 aliphatic heterocycles. The van der Waals surface area contributed by atoms with E-state index in [9.17, 15) is 9.18 Å². The van der Waals surface area contributed by atoms with Gasteiger partial charge in [0.05, 0.1) is 6.04 Å². The number of pyridine rings is 1. The second-order valence-electron chi connectivity index (χ2n) is 4.33. The van der Waals surface area contributed by atoms with Gasteiger partial charge >= 0.3 is 0 Å². The van der Waals surface area contributed by atoms with Crippen LogP contribution in [0.5, 0.6) is 0 Å². The van der Waals surface area contributed by atoms with Crippen LogP contribution in [0, 0.1) is 5.95 Å². The summed E-state index contributed by atoms with van der Waals surface area (Å²) in [5, 5.41) is 2.86. The Bertz CT molecular complexity index is 601. The van der Waals surface area contributed by atoms with Gasteiger partial charge in [-0.3, -0.25) is 4.79 Å². The maximum atomic E-state index is 13.0. The van der Waals surface area contributed by atoms with Crippen molar-refractivity contribution in [1.29, 1.82) is 0 Å².